The molecule has 0 aromatic heterocycles. The molecule has 3 N–H and O–H groups in total. The summed E-state index contributed by atoms with van der Waals surface area (Å²) in [4.78, 5) is 34.4. The summed E-state index contributed by atoms with van der Waals surface area (Å²) in [6.45, 7) is 3.80. The minimum Gasteiger partial charge on any atom is -0.354 e. The van der Waals surface area contributed by atoms with E-state index in [0.717, 1.165) is 25.7 Å². The highest BCUT2D eigenvalue weighted by atomic mass is 16.2. The molecule has 25 heavy (non-hydrogen) atoms. The Labute approximate surface area is 148 Å². The third-order valence-electron chi connectivity index (χ3n) is 4.76. The van der Waals surface area contributed by atoms with Gasteiger partial charge in [-0.2, -0.15) is 0 Å². The zero-order valence-corrected chi connectivity index (χ0v) is 15.0. The lowest BCUT2D eigenvalue weighted by atomic mass is 9.78. The SMILES string of the molecule is CC(=O)NCC(=O)NCC(=O)NCC1(c2cccc(C)c2)CCCC1. The number of rotatable bonds is 7. The van der Waals surface area contributed by atoms with Crippen molar-refractivity contribution in [3.05, 3.63) is 35.4 Å². The average Bonchev–Trinajstić information content (AvgIpc) is 3.06. The van der Waals surface area contributed by atoms with Crippen molar-refractivity contribution in [2.24, 2.45) is 0 Å². The summed E-state index contributed by atoms with van der Waals surface area (Å²) in [6, 6.07) is 8.48. The quantitative estimate of drug-likeness (QED) is 0.693. The first-order valence-corrected chi connectivity index (χ1v) is 8.76. The second-order valence-corrected chi connectivity index (χ2v) is 6.82. The fraction of sp³-hybridized carbons (Fsp3) is 0.526. The molecule has 6 nitrogen and oxygen atoms in total. The van der Waals surface area contributed by atoms with Gasteiger partial charge in [0, 0.05) is 18.9 Å². The molecule has 0 spiro atoms. The van der Waals surface area contributed by atoms with E-state index in [4.69, 9.17) is 0 Å². The summed E-state index contributed by atoms with van der Waals surface area (Å²) < 4.78 is 0. The van der Waals surface area contributed by atoms with Gasteiger partial charge in [-0.05, 0) is 25.3 Å². The van der Waals surface area contributed by atoms with Crippen molar-refractivity contribution >= 4 is 17.7 Å². The van der Waals surface area contributed by atoms with Crippen LogP contribution in [0.5, 0.6) is 0 Å². The maximum atomic E-state index is 12.1. The van der Waals surface area contributed by atoms with Crippen molar-refractivity contribution in [1.29, 1.82) is 0 Å². The van der Waals surface area contributed by atoms with Gasteiger partial charge in [0.15, 0.2) is 0 Å². The Morgan fingerprint density at radius 1 is 1.00 bits per heavy atom. The Hall–Kier alpha value is -2.37. The fourth-order valence-electron chi connectivity index (χ4n) is 3.37. The van der Waals surface area contributed by atoms with Crippen LogP contribution >= 0.6 is 0 Å². The summed E-state index contributed by atoms with van der Waals surface area (Å²) in [5.74, 6) is -0.865. The maximum absolute atomic E-state index is 12.1. The number of carbonyl (C=O) groups excluding carboxylic acids is 3. The molecule has 0 heterocycles. The number of carbonyl (C=O) groups is 3. The lowest BCUT2D eigenvalue weighted by Crippen LogP contribution is -2.45. The van der Waals surface area contributed by atoms with Gasteiger partial charge < -0.3 is 16.0 Å². The number of hydrogen-bond acceptors (Lipinski definition) is 3. The van der Waals surface area contributed by atoms with E-state index in [2.05, 4.69) is 47.1 Å². The Morgan fingerprint density at radius 2 is 1.64 bits per heavy atom. The minimum atomic E-state index is -0.375. The second kappa shape index (κ2) is 8.65. The maximum Gasteiger partial charge on any atom is 0.239 e. The zero-order chi connectivity index (χ0) is 18.3. The van der Waals surface area contributed by atoms with Gasteiger partial charge in [0.2, 0.25) is 17.7 Å². The zero-order valence-electron chi connectivity index (χ0n) is 15.0. The van der Waals surface area contributed by atoms with Gasteiger partial charge in [-0.15, -0.1) is 0 Å². The molecule has 0 unspecified atom stereocenters. The topological polar surface area (TPSA) is 87.3 Å². The van der Waals surface area contributed by atoms with Gasteiger partial charge in [0.25, 0.3) is 0 Å². The summed E-state index contributed by atoms with van der Waals surface area (Å²) in [5, 5.41) is 7.87. The van der Waals surface area contributed by atoms with Crippen LogP contribution in [0.3, 0.4) is 0 Å². The van der Waals surface area contributed by atoms with Gasteiger partial charge >= 0.3 is 0 Å². The predicted molar refractivity (Wildman–Crippen MR) is 96.0 cm³/mol. The number of benzene rings is 1. The summed E-state index contributed by atoms with van der Waals surface area (Å²) in [6.07, 6.45) is 4.45. The molecule has 0 radical (unpaired) electrons. The molecule has 136 valence electrons. The summed E-state index contributed by atoms with van der Waals surface area (Å²) >= 11 is 0. The first-order valence-electron chi connectivity index (χ1n) is 8.76. The van der Waals surface area contributed by atoms with Crippen LogP contribution in [-0.4, -0.2) is 37.4 Å². The van der Waals surface area contributed by atoms with Gasteiger partial charge in [-0.25, -0.2) is 0 Å². The molecule has 0 aliphatic heterocycles. The molecule has 0 saturated heterocycles. The smallest absolute Gasteiger partial charge is 0.239 e. The normalized spacial score (nSPS) is 15.4. The van der Waals surface area contributed by atoms with Crippen molar-refractivity contribution in [3.8, 4) is 0 Å². The van der Waals surface area contributed by atoms with E-state index in [0.29, 0.717) is 6.54 Å². The lowest BCUT2D eigenvalue weighted by molar-refractivity contribution is -0.127. The van der Waals surface area contributed by atoms with Crippen molar-refractivity contribution < 1.29 is 14.4 Å². The number of hydrogen-bond donors (Lipinski definition) is 3. The van der Waals surface area contributed by atoms with E-state index < -0.39 is 0 Å². The van der Waals surface area contributed by atoms with Gasteiger partial charge in [0.1, 0.15) is 0 Å². The molecule has 1 aliphatic rings. The minimum absolute atomic E-state index is 0.0120. The molecular formula is C19H27N3O3. The molecule has 0 atom stereocenters. The van der Waals surface area contributed by atoms with Crippen LogP contribution in [0.4, 0.5) is 0 Å². The van der Waals surface area contributed by atoms with E-state index in [1.807, 2.05) is 0 Å². The van der Waals surface area contributed by atoms with E-state index in [1.165, 1.54) is 18.1 Å². The molecule has 1 aromatic rings. The molecule has 0 bridgehead atoms. The number of amides is 3. The van der Waals surface area contributed by atoms with Crippen molar-refractivity contribution in [1.82, 2.24) is 16.0 Å². The largest absolute Gasteiger partial charge is 0.354 e. The lowest BCUT2D eigenvalue weighted by Gasteiger charge is -2.30. The van der Waals surface area contributed by atoms with Crippen LogP contribution in [0.25, 0.3) is 0 Å². The van der Waals surface area contributed by atoms with Gasteiger partial charge in [0.05, 0.1) is 13.1 Å². The number of aryl methyl sites for hydroxylation is 1. The molecule has 1 saturated carbocycles. The molecule has 6 heteroatoms. The van der Waals surface area contributed by atoms with Crippen LogP contribution in [-0.2, 0) is 19.8 Å². The first kappa shape index (κ1) is 19.0. The molecule has 2 rings (SSSR count). The second-order valence-electron chi connectivity index (χ2n) is 6.82. The van der Waals surface area contributed by atoms with E-state index >= 15 is 0 Å². The highest BCUT2D eigenvalue weighted by Crippen LogP contribution is 2.40. The highest BCUT2D eigenvalue weighted by molar-refractivity contribution is 5.87. The Bertz CT molecular complexity index is 637. The summed E-state index contributed by atoms with van der Waals surface area (Å²) in [5.41, 5.74) is 2.49. The first-order chi connectivity index (χ1) is 11.9. The standard InChI is InChI=1S/C19H27N3O3/c1-14-6-5-7-16(10-14)19(8-3-4-9-19)13-22-18(25)12-21-17(24)11-20-15(2)23/h5-7,10H,3-4,8-9,11-13H2,1-2H3,(H,20,23)(H,21,24)(H,22,25). The Morgan fingerprint density at radius 3 is 2.28 bits per heavy atom. The Balaban J connectivity index is 1.86. The van der Waals surface area contributed by atoms with Crippen LogP contribution in [0, 0.1) is 6.92 Å². The van der Waals surface area contributed by atoms with Crippen molar-refractivity contribution in [2.75, 3.05) is 19.6 Å². The molecule has 1 aromatic carbocycles. The average molecular weight is 345 g/mol. The van der Waals surface area contributed by atoms with Crippen LogP contribution in [0.2, 0.25) is 0 Å². The van der Waals surface area contributed by atoms with Gasteiger partial charge in [-0.3, -0.25) is 14.4 Å². The molecule has 1 fully saturated rings. The van der Waals surface area contributed by atoms with Crippen LogP contribution in [0.15, 0.2) is 24.3 Å². The molecule has 3 amide bonds. The summed E-state index contributed by atoms with van der Waals surface area (Å²) in [7, 11) is 0. The highest BCUT2D eigenvalue weighted by Gasteiger charge is 2.35. The van der Waals surface area contributed by atoms with E-state index in [-0.39, 0.29) is 36.2 Å². The monoisotopic (exact) mass is 345 g/mol. The molecular weight excluding hydrogens is 318 g/mol. The van der Waals surface area contributed by atoms with Crippen LogP contribution in [0.1, 0.15) is 43.7 Å². The van der Waals surface area contributed by atoms with Crippen molar-refractivity contribution in [2.45, 2.75) is 44.9 Å². The van der Waals surface area contributed by atoms with Crippen molar-refractivity contribution in [3.63, 3.8) is 0 Å². The van der Waals surface area contributed by atoms with Crippen LogP contribution < -0.4 is 16.0 Å². The van der Waals surface area contributed by atoms with Gasteiger partial charge in [-0.1, -0.05) is 42.7 Å². The van der Waals surface area contributed by atoms with E-state index in [1.54, 1.807) is 0 Å². The fourth-order valence-corrected chi connectivity index (χ4v) is 3.37. The number of nitrogens with one attached hydrogen (secondary N) is 3. The molecule has 1 aliphatic carbocycles. The third-order valence-corrected chi connectivity index (χ3v) is 4.76. The predicted octanol–water partition coefficient (Wildman–Crippen LogP) is 1.18. The Kier molecular flexibility index (Phi) is 6.56. The third kappa shape index (κ3) is 5.59. The van der Waals surface area contributed by atoms with E-state index in [9.17, 15) is 14.4 Å².